The van der Waals surface area contributed by atoms with Crippen molar-refractivity contribution in [3.63, 3.8) is 0 Å². The molecule has 0 spiro atoms. The lowest BCUT2D eigenvalue weighted by Gasteiger charge is -2.12. The van der Waals surface area contributed by atoms with Gasteiger partial charge in [0.2, 0.25) is 0 Å². The van der Waals surface area contributed by atoms with Crippen molar-refractivity contribution >= 4 is 17.1 Å². The molecule has 5 heteroatoms. The normalized spacial score (nSPS) is 9.35. The van der Waals surface area contributed by atoms with Crippen LogP contribution in [0.5, 0.6) is 5.75 Å². The Morgan fingerprint density at radius 1 is 1.10 bits per heavy atom. The van der Waals surface area contributed by atoms with E-state index in [0.717, 1.165) is 0 Å². The summed E-state index contributed by atoms with van der Waals surface area (Å²) < 4.78 is 5.14. The summed E-state index contributed by atoms with van der Waals surface area (Å²) in [6.45, 7) is 0. The first kappa shape index (κ1) is 13.3. The number of anilines is 3. The van der Waals surface area contributed by atoms with Crippen LogP contribution in [0.15, 0.2) is 36.4 Å². The number of nitrogens with two attached hydrogens (primary N) is 1. The minimum Gasteiger partial charge on any atom is -0.495 e. The molecule has 0 atom stereocenters. The summed E-state index contributed by atoms with van der Waals surface area (Å²) in [6.07, 6.45) is 0. The molecule has 0 aliphatic carbocycles. The average molecular weight is 264 g/mol. The Bertz CT molecular complexity index is 726. The molecule has 0 aliphatic heterocycles. The lowest BCUT2D eigenvalue weighted by molar-refractivity contribution is 0.417. The van der Waals surface area contributed by atoms with Crippen molar-refractivity contribution in [3.8, 4) is 17.9 Å². The monoisotopic (exact) mass is 264 g/mol. The van der Waals surface area contributed by atoms with Crippen LogP contribution in [0.4, 0.5) is 17.1 Å². The quantitative estimate of drug-likeness (QED) is 0.831. The van der Waals surface area contributed by atoms with Crippen molar-refractivity contribution in [1.29, 1.82) is 10.5 Å². The highest BCUT2D eigenvalue weighted by molar-refractivity contribution is 5.78. The Morgan fingerprint density at radius 3 is 2.50 bits per heavy atom. The van der Waals surface area contributed by atoms with Gasteiger partial charge in [-0.05, 0) is 30.3 Å². The minimum atomic E-state index is 0.318. The maximum Gasteiger partial charge on any atom is 0.143 e. The molecule has 0 aliphatic rings. The second-order valence-electron chi connectivity index (χ2n) is 4.03. The molecular weight excluding hydrogens is 252 g/mol. The Hall–Kier alpha value is -3.18. The van der Waals surface area contributed by atoms with E-state index >= 15 is 0 Å². The van der Waals surface area contributed by atoms with Gasteiger partial charge in [-0.3, -0.25) is 0 Å². The summed E-state index contributed by atoms with van der Waals surface area (Å²) in [6, 6.07) is 14.3. The fourth-order valence-electron chi connectivity index (χ4n) is 1.80. The first-order valence-electron chi connectivity index (χ1n) is 5.83. The highest BCUT2D eigenvalue weighted by Crippen LogP contribution is 2.31. The molecule has 2 rings (SSSR count). The topological polar surface area (TPSA) is 94.9 Å². The van der Waals surface area contributed by atoms with Gasteiger partial charge in [0.05, 0.1) is 29.6 Å². The molecule has 5 nitrogen and oxygen atoms in total. The highest BCUT2D eigenvalue weighted by atomic mass is 16.5. The third kappa shape index (κ3) is 2.47. The van der Waals surface area contributed by atoms with E-state index in [4.69, 9.17) is 21.0 Å². The lowest BCUT2D eigenvalue weighted by Crippen LogP contribution is -1.99. The number of hydrogen-bond donors (Lipinski definition) is 2. The smallest absolute Gasteiger partial charge is 0.143 e. The number of nitriles is 2. The first-order valence-corrected chi connectivity index (χ1v) is 5.83. The number of nitrogens with one attached hydrogen (secondary N) is 1. The zero-order valence-electron chi connectivity index (χ0n) is 10.8. The number of benzene rings is 2. The zero-order chi connectivity index (χ0) is 14.5. The molecule has 0 amide bonds. The van der Waals surface area contributed by atoms with Crippen molar-refractivity contribution in [2.75, 3.05) is 18.2 Å². The van der Waals surface area contributed by atoms with E-state index < -0.39 is 0 Å². The first-order chi connectivity index (χ1) is 9.69. The van der Waals surface area contributed by atoms with Gasteiger partial charge in [-0.15, -0.1) is 0 Å². The maximum absolute atomic E-state index is 9.00. The Labute approximate surface area is 116 Å². The van der Waals surface area contributed by atoms with E-state index in [9.17, 15) is 0 Å². The SMILES string of the molecule is COc1cccc(Nc2ccc(C#N)c(C#N)c2)c1N. The van der Waals surface area contributed by atoms with Crippen LogP contribution in [0.25, 0.3) is 0 Å². The minimum absolute atomic E-state index is 0.318. The third-order valence-corrected chi connectivity index (χ3v) is 2.83. The number of ether oxygens (including phenoxy) is 1. The molecule has 0 aromatic heterocycles. The molecule has 98 valence electrons. The standard InChI is InChI=1S/C15H12N4O/c1-20-14-4-2-3-13(15(14)18)19-12-6-5-10(8-16)11(7-12)9-17/h2-7,19H,18H2,1H3. The molecule has 2 aromatic rings. The number of methoxy groups -OCH3 is 1. The second-order valence-corrected chi connectivity index (χ2v) is 4.03. The van der Waals surface area contributed by atoms with Crippen LogP contribution in [-0.4, -0.2) is 7.11 Å². The molecule has 0 fully saturated rings. The zero-order valence-corrected chi connectivity index (χ0v) is 10.8. The summed E-state index contributed by atoms with van der Waals surface area (Å²) >= 11 is 0. The van der Waals surface area contributed by atoms with Crippen LogP contribution in [0, 0.1) is 22.7 Å². The molecule has 0 radical (unpaired) electrons. The molecule has 0 heterocycles. The van der Waals surface area contributed by atoms with E-state index in [1.165, 1.54) is 0 Å². The fraction of sp³-hybridized carbons (Fsp3) is 0.0667. The van der Waals surface area contributed by atoms with Crippen LogP contribution < -0.4 is 15.8 Å². The van der Waals surface area contributed by atoms with Gasteiger partial charge >= 0.3 is 0 Å². The van der Waals surface area contributed by atoms with Crippen molar-refractivity contribution in [2.45, 2.75) is 0 Å². The van der Waals surface area contributed by atoms with E-state index in [0.29, 0.717) is 33.9 Å². The molecular formula is C15H12N4O. The van der Waals surface area contributed by atoms with Gasteiger partial charge in [-0.2, -0.15) is 10.5 Å². The molecule has 0 saturated carbocycles. The van der Waals surface area contributed by atoms with Crippen LogP contribution in [-0.2, 0) is 0 Å². The van der Waals surface area contributed by atoms with Gasteiger partial charge in [0.1, 0.15) is 17.9 Å². The van der Waals surface area contributed by atoms with E-state index in [1.54, 1.807) is 31.4 Å². The number of nitrogen functional groups attached to an aromatic ring is 1. The van der Waals surface area contributed by atoms with E-state index in [-0.39, 0.29) is 0 Å². The fourth-order valence-corrected chi connectivity index (χ4v) is 1.80. The van der Waals surface area contributed by atoms with Crippen molar-refractivity contribution in [2.24, 2.45) is 0 Å². The predicted octanol–water partition coefficient (Wildman–Crippen LogP) is 2.76. The van der Waals surface area contributed by atoms with E-state index in [1.807, 2.05) is 24.3 Å². The van der Waals surface area contributed by atoms with Crippen LogP contribution in [0.3, 0.4) is 0 Å². The van der Waals surface area contributed by atoms with Crippen LogP contribution in [0.1, 0.15) is 11.1 Å². The molecule has 0 unspecified atom stereocenters. The average Bonchev–Trinajstić information content (AvgIpc) is 2.49. The Kier molecular flexibility index (Phi) is 3.74. The van der Waals surface area contributed by atoms with Crippen molar-refractivity contribution in [3.05, 3.63) is 47.5 Å². The van der Waals surface area contributed by atoms with Crippen molar-refractivity contribution in [1.82, 2.24) is 0 Å². The number of rotatable bonds is 3. The predicted molar refractivity (Wildman–Crippen MR) is 76.6 cm³/mol. The highest BCUT2D eigenvalue weighted by Gasteiger charge is 2.07. The van der Waals surface area contributed by atoms with Gasteiger partial charge in [0.25, 0.3) is 0 Å². The summed E-state index contributed by atoms with van der Waals surface area (Å²) in [5.74, 6) is 0.573. The molecule has 3 N–H and O–H groups in total. The molecule has 0 saturated heterocycles. The summed E-state index contributed by atoms with van der Waals surface area (Å²) in [5.41, 5.74) is 8.47. The van der Waals surface area contributed by atoms with Gasteiger partial charge in [0, 0.05) is 5.69 Å². The third-order valence-electron chi connectivity index (χ3n) is 2.83. The maximum atomic E-state index is 9.00. The molecule has 0 bridgehead atoms. The largest absolute Gasteiger partial charge is 0.495 e. The Morgan fingerprint density at radius 2 is 1.85 bits per heavy atom. The van der Waals surface area contributed by atoms with Gasteiger partial charge in [0.15, 0.2) is 0 Å². The Balaban J connectivity index is 2.37. The van der Waals surface area contributed by atoms with Crippen LogP contribution in [0.2, 0.25) is 0 Å². The molecule has 20 heavy (non-hydrogen) atoms. The summed E-state index contributed by atoms with van der Waals surface area (Å²) in [7, 11) is 1.55. The summed E-state index contributed by atoms with van der Waals surface area (Å²) in [4.78, 5) is 0. The van der Waals surface area contributed by atoms with Gasteiger partial charge < -0.3 is 15.8 Å². The summed E-state index contributed by atoms with van der Waals surface area (Å²) in [5, 5.41) is 21.0. The number of hydrogen-bond acceptors (Lipinski definition) is 5. The molecule has 2 aromatic carbocycles. The van der Waals surface area contributed by atoms with Crippen LogP contribution >= 0.6 is 0 Å². The lowest BCUT2D eigenvalue weighted by atomic mass is 10.1. The van der Waals surface area contributed by atoms with Gasteiger partial charge in [-0.25, -0.2) is 0 Å². The van der Waals surface area contributed by atoms with Gasteiger partial charge in [-0.1, -0.05) is 6.07 Å². The second kappa shape index (κ2) is 5.64. The number of nitrogens with zero attached hydrogens (tertiary/aromatic N) is 2. The van der Waals surface area contributed by atoms with Crippen molar-refractivity contribution < 1.29 is 4.74 Å². The van der Waals surface area contributed by atoms with E-state index in [2.05, 4.69) is 5.32 Å². The number of para-hydroxylation sites is 1.